The van der Waals surface area contributed by atoms with Crippen molar-refractivity contribution in [2.75, 3.05) is 12.8 Å². The summed E-state index contributed by atoms with van der Waals surface area (Å²) in [6.07, 6.45) is 1.64. The minimum absolute atomic E-state index is 0.186. The van der Waals surface area contributed by atoms with Gasteiger partial charge in [0, 0.05) is 18.9 Å². The molecule has 0 aliphatic heterocycles. The maximum atomic E-state index is 12.3. The molecule has 0 aliphatic rings. The lowest BCUT2D eigenvalue weighted by atomic mass is 10.3. The summed E-state index contributed by atoms with van der Waals surface area (Å²) in [5, 5.41) is 0. The predicted molar refractivity (Wildman–Crippen MR) is 73.7 cm³/mol. The fraction of sp³-hybridized carbons (Fsp3) is 0.154. The average molecular weight is 277 g/mol. The van der Waals surface area contributed by atoms with Gasteiger partial charge in [0.2, 0.25) is 10.0 Å². The number of sulfonamides is 1. The molecule has 0 atom stereocenters. The second-order valence-corrected chi connectivity index (χ2v) is 6.20. The minimum Gasteiger partial charge on any atom is -0.399 e. The fourth-order valence-corrected chi connectivity index (χ4v) is 2.86. The number of nitrogens with two attached hydrogens (primary N) is 1. The highest BCUT2D eigenvalue weighted by Gasteiger charge is 2.21. The van der Waals surface area contributed by atoms with Crippen molar-refractivity contribution in [2.45, 2.75) is 11.4 Å². The monoisotopic (exact) mass is 277 g/mol. The Morgan fingerprint density at radius 2 is 2.00 bits per heavy atom. The lowest BCUT2D eigenvalue weighted by Gasteiger charge is -2.16. The summed E-state index contributed by atoms with van der Waals surface area (Å²) in [5.41, 5.74) is 6.73. The molecule has 2 N–H and O–H groups in total. The quantitative estimate of drug-likeness (QED) is 0.859. The summed E-state index contributed by atoms with van der Waals surface area (Å²) in [7, 11) is -2.03. The van der Waals surface area contributed by atoms with Gasteiger partial charge < -0.3 is 5.73 Å². The molecule has 0 spiro atoms. The van der Waals surface area contributed by atoms with Gasteiger partial charge in [-0.1, -0.05) is 12.1 Å². The van der Waals surface area contributed by atoms with Crippen molar-refractivity contribution >= 4 is 15.7 Å². The van der Waals surface area contributed by atoms with Gasteiger partial charge in [-0.3, -0.25) is 4.98 Å². The summed E-state index contributed by atoms with van der Waals surface area (Å²) in [6, 6.07) is 11.6. The van der Waals surface area contributed by atoms with Crippen molar-refractivity contribution in [3.63, 3.8) is 0 Å². The third-order valence-corrected chi connectivity index (χ3v) is 4.48. The van der Waals surface area contributed by atoms with E-state index in [2.05, 4.69) is 4.98 Å². The summed E-state index contributed by atoms with van der Waals surface area (Å²) in [6.45, 7) is 0.220. The van der Waals surface area contributed by atoms with Crippen LogP contribution in [-0.4, -0.2) is 24.8 Å². The second kappa shape index (κ2) is 5.38. The van der Waals surface area contributed by atoms with Crippen LogP contribution >= 0.6 is 0 Å². The molecule has 5 nitrogen and oxygen atoms in total. The first-order valence-electron chi connectivity index (χ1n) is 5.72. The molecule has 0 fully saturated rings. The SMILES string of the molecule is CN(Cc1ccccn1)S(=O)(=O)c1cccc(N)c1. The van der Waals surface area contributed by atoms with Crippen LogP contribution in [-0.2, 0) is 16.6 Å². The maximum absolute atomic E-state index is 12.3. The van der Waals surface area contributed by atoms with E-state index in [1.165, 1.54) is 23.5 Å². The Labute approximate surface area is 112 Å². The zero-order valence-electron chi connectivity index (χ0n) is 10.5. The van der Waals surface area contributed by atoms with E-state index in [0.29, 0.717) is 11.4 Å². The van der Waals surface area contributed by atoms with E-state index in [9.17, 15) is 8.42 Å². The van der Waals surface area contributed by atoms with Crippen LogP contribution in [0.1, 0.15) is 5.69 Å². The van der Waals surface area contributed by atoms with Crippen LogP contribution in [0.3, 0.4) is 0 Å². The molecule has 2 rings (SSSR count). The van der Waals surface area contributed by atoms with Crippen molar-refractivity contribution < 1.29 is 8.42 Å². The van der Waals surface area contributed by atoms with Gasteiger partial charge in [0.05, 0.1) is 17.1 Å². The molecule has 0 amide bonds. The standard InChI is InChI=1S/C13H15N3O2S/c1-16(10-12-6-2-3-8-15-12)19(17,18)13-7-4-5-11(14)9-13/h2-9H,10,14H2,1H3. The molecule has 2 aromatic rings. The molecule has 0 radical (unpaired) electrons. The lowest BCUT2D eigenvalue weighted by Crippen LogP contribution is -2.26. The first kappa shape index (κ1) is 13.5. The van der Waals surface area contributed by atoms with Crippen LogP contribution in [0.4, 0.5) is 5.69 Å². The Hall–Kier alpha value is -1.92. The zero-order chi connectivity index (χ0) is 13.9. The maximum Gasteiger partial charge on any atom is 0.243 e. The van der Waals surface area contributed by atoms with E-state index in [1.807, 2.05) is 6.07 Å². The van der Waals surface area contributed by atoms with Crippen LogP contribution in [0.5, 0.6) is 0 Å². The zero-order valence-corrected chi connectivity index (χ0v) is 11.3. The van der Waals surface area contributed by atoms with E-state index in [4.69, 9.17) is 5.73 Å². The Bertz CT molecular complexity index is 657. The first-order valence-corrected chi connectivity index (χ1v) is 7.16. The van der Waals surface area contributed by atoms with Crippen molar-refractivity contribution in [3.8, 4) is 0 Å². The fourth-order valence-electron chi connectivity index (χ4n) is 1.66. The van der Waals surface area contributed by atoms with Gasteiger partial charge in [-0.2, -0.15) is 4.31 Å². The molecule has 100 valence electrons. The summed E-state index contributed by atoms with van der Waals surface area (Å²) >= 11 is 0. The third-order valence-electron chi connectivity index (χ3n) is 2.68. The smallest absolute Gasteiger partial charge is 0.243 e. The molecular weight excluding hydrogens is 262 g/mol. The first-order chi connectivity index (χ1) is 9.00. The van der Waals surface area contributed by atoms with Crippen LogP contribution < -0.4 is 5.73 Å². The molecule has 19 heavy (non-hydrogen) atoms. The number of benzene rings is 1. The molecule has 0 saturated heterocycles. The highest BCUT2D eigenvalue weighted by Crippen LogP contribution is 2.18. The molecule has 0 bridgehead atoms. The number of hydrogen-bond donors (Lipinski definition) is 1. The Kier molecular flexibility index (Phi) is 3.82. The van der Waals surface area contributed by atoms with E-state index in [-0.39, 0.29) is 11.4 Å². The highest BCUT2D eigenvalue weighted by molar-refractivity contribution is 7.89. The minimum atomic E-state index is -3.55. The van der Waals surface area contributed by atoms with E-state index in [0.717, 1.165) is 0 Å². The van der Waals surface area contributed by atoms with Gasteiger partial charge in [0.25, 0.3) is 0 Å². The van der Waals surface area contributed by atoms with E-state index < -0.39 is 10.0 Å². The Morgan fingerprint density at radius 1 is 1.21 bits per heavy atom. The number of nitrogens with zero attached hydrogens (tertiary/aromatic N) is 2. The van der Waals surface area contributed by atoms with Gasteiger partial charge >= 0.3 is 0 Å². The van der Waals surface area contributed by atoms with Crippen LogP contribution in [0, 0.1) is 0 Å². The predicted octanol–water partition coefficient (Wildman–Crippen LogP) is 1.48. The largest absolute Gasteiger partial charge is 0.399 e. The molecule has 6 heteroatoms. The average Bonchev–Trinajstić information content (AvgIpc) is 2.40. The Balaban J connectivity index is 2.25. The highest BCUT2D eigenvalue weighted by atomic mass is 32.2. The molecule has 1 aromatic heterocycles. The van der Waals surface area contributed by atoms with Gasteiger partial charge in [-0.15, -0.1) is 0 Å². The number of hydrogen-bond acceptors (Lipinski definition) is 4. The summed E-state index contributed by atoms with van der Waals surface area (Å²) in [4.78, 5) is 4.30. The number of anilines is 1. The molecule has 1 aromatic carbocycles. The number of pyridine rings is 1. The number of aromatic nitrogens is 1. The van der Waals surface area contributed by atoms with Crippen LogP contribution in [0.2, 0.25) is 0 Å². The molecular formula is C13H15N3O2S. The third kappa shape index (κ3) is 3.10. The molecule has 0 aliphatic carbocycles. The van der Waals surface area contributed by atoms with Crippen molar-refractivity contribution in [1.29, 1.82) is 0 Å². The van der Waals surface area contributed by atoms with Gasteiger partial charge in [-0.25, -0.2) is 8.42 Å². The second-order valence-electron chi connectivity index (χ2n) is 4.15. The van der Waals surface area contributed by atoms with Gasteiger partial charge in [-0.05, 0) is 30.3 Å². The van der Waals surface area contributed by atoms with Crippen molar-refractivity contribution in [1.82, 2.24) is 9.29 Å². The van der Waals surface area contributed by atoms with Crippen molar-refractivity contribution in [3.05, 3.63) is 54.4 Å². The topological polar surface area (TPSA) is 76.3 Å². The Morgan fingerprint density at radius 3 is 2.63 bits per heavy atom. The van der Waals surface area contributed by atoms with E-state index in [1.54, 1.807) is 30.5 Å². The molecule has 1 heterocycles. The van der Waals surface area contributed by atoms with Gasteiger partial charge in [0.15, 0.2) is 0 Å². The lowest BCUT2D eigenvalue weighted by molar-refractivity contribution is 0.462. The molecule has 0 unspecified atom stereocenters. The number of nitrogen functional groups attached to an aromatic ring is 1. The molecule has 0 saturated carbocycles. The van der Waals surface area contributed by atoms with Crippen LogP contribution in [0.25, 0.3) is 0 Å². The summed E-state index contributed by atoms with van der Waals surface area (Å²) in [5.74, 6) is 0. The van der Waals surface area contributed by atoms with E-state index >= 15 is 0 Å². The summed E-state index contributed by atoms with van der Waals surface area (Å²) < 4.78 is 25.9. The normalized spacial score (nSPS) is 11.7. The number of rotatable bonds is 4. The van der Waals surface area contributed by atoms with Crippen LogP contribution in [0.15, 0.2) is 53.6 Å². The van der Waals surface area contributed by atoms with Crippen molar-refractivity contribution in [2.24, 2.45) is 0 Å². The van der Waals surface area contributed by atoms with Gasteiger partial charge in [0.1, 0.15) is 0 Å².